The van der Waals surface area contributed by atoms with Gasteiger partial charge in [-0.05, 0) is 25.8 Å². The lowest BCUT2D eigenvalue weighted by atomic mass is 9.85. The summed E-state index contributed by atoms with van der Waals surface area (Å²) in [6, 6.07) is 9.91. The summed E-state index contributed by atoms with van der Waals surface area (Å²) in [5.41, 5.74) is 1.67. The van der Waals surface area contributed by atoms with Crippen molar-refractivity contribution in [1.82, 2.24) is 19.8 Å². The van der Waals surface area contributed by atoms with Gasteiger partial charge in [0.25, 0.3) is 5.91 Å². The van der Waals surface area contributed by atoms with Crippen LogP contribution in [0.15, 0.2) is 42.9 Å². The van der Waals surface area contributed by atoms with Crippen LogP contribution >= 0.6 is 0 Å². The molecule has 3 heterocycles. The molecular formula is C21H24N4O3. The van der Waals surface area contributed by atoms with Crippen molar-refractivity contribution < 1.29 is 14.3 Å². The molecule has 1 aromatic heterocycles. The van der Waals surface area contributed by atoms with Crippen LogP contribution in [0, 0.1) is 6.92 Å². The van der Waals surface area contributed by atoms with E-state index in [9.17, 15) is 9.59 Å². The lowest BCUT2D eigenvalue weighted by molar-refractivity contribution is -0.186. The molecule has 0 bridgehead atoms. The van der Waals surface area contributed by atoms with Crippen LogP contribution in [0.5, 0.6) is 0 Å². The maximum Gasteiger partial charge on any atom is 0.257 e. The fraction of sp³-hybridized carbons (Fsp3) is 0.429. The number of morpholine rings is 1. The van der Waals surface area contributed by atoms with Gasteiger partial charge in [-0.25, -0.2) is 9.97 Å². The van der Waals surface area contributed by atoms with Gasteiger partial charge in [0.1, 0.15) is 18.5 Å². The van der Waals surface area contributed by atoms with Crippen LogP contribution < -0.4 is 0 Å². The van der Waals surface area contributed by atoms with E-state index in [4.69, 9.17) is 4.74 Å². The largest absolute Gasteiger partial charge is 0.361 e. The predicted octanol–water partition coefficient (Wildman–Crippen LogP) is 1.82. The Bertz CT molecular complexity index is 888. The fourth-order valence-corrected chi connectivity index (χ4v) is 4.18. The topological polar surface area (TPSA) is 75.6 Å². The number of ether oxygens (including phenoxy) is 1. The minimum absolute atomic E-state index is 0.00147. The zero-order chi connectivity index (χ0) is 19.7. The van der Waals surface area contributed by atoms with Crippen LogP contribution in [0.2, 0.25) is 0 Å². The maximum absolute atomic E-state index is 13.0. The molecule has 0 radical (unpaired) electrons. The Morgan fingerprint density at radius 1 is 1.32 bits per heavy atom. The number of likely N-dealkylation sites (tertiary alicyclic amines) is 1. The van der Waals surface area contributed by atoms with Crippen LogP contribution in [0.4, 0.5) is 0 Å². The smallest absolute Gasteiger partial charge is 0.257 e. The molecule has 0 saturated carbocycles. The summed E-state index contributed by atoms with van der Waals surface area (Å²) in [5.74, 6) is -0.0914. The highest BCUT2D eigenvalue weighted by molar-refractivity contribution is 5.95. The highest BCUT2D eigenvalue weighted by Gasteiger charge is 2.49. The monoisotopic (exact) mass is 380 g/mol. The molecule has 2 saturated heterocycles. The van der Waals surface area contributed by atoms with E-state index in [2.05, 4.69) is 9.97 Å². The molecule has 4 rings (SSSR count). The summed E-state index contributed by atoms with van der Waals surface area (Å²) in [6.45, 7) is 5.40. The molecule has 2 fully saturated rings. The van der Waals surface area contributed by atoms with Crippen molar-refractivity contribution >= 4 is 11.8 Å². The third-order valence-electron chi connectivity index (χ3n) is 5.73. The second kappa shape index (κ2) is 7.31. The summed E-state index contributed by atoms with van der Waals surface area (Å²) in [6.07, 6.45) is 3.68. The van der Waals surface area contributed by atoms with E-state index in [0.29, 0.717) is 37.3 Å². The third kappa shape index (κ3) is 3.38. The number of benzene rings is 1. The molecule has 2 atom stereocenters. The number of aromatic nitrogens is 2. The zero-order valence-corrected chi connectivity index (χ0v) is 16.2. The summed E-state index contributed by atoms with van der Waals surface area (Å²) >= 11 is 0. The molecule has 2 aliphatic rings. The van der Waals surface area contributed by atoms with Gasteiger partial charge in [0.05, 0.1) is 23.8 Å². The Labute approximate surface area is 164 Å². The number of carbonyl (C=O) groups excluding carboxylic acids is 2. The number of fused-ring (bicyclic) bond motifs is 1. The minimum Gasteiger partial charge on any atom is -0.361 e. The molecule has 2 aliphatic heterocycles. The van der Waals surface area contributed by atoms with Crippen molar-refractivity contribution in [3.8, 4) is 0 Å². The van der Waals surface area contributed by atoms with Crippen LogP contribution in [-0.4, -0.2) is 62.9 Å². The number of aryl methyl sites for hydroxylation is 1. The predicted molar refractivity (Wildman–Crippen MR) is 102 cm³/mol. The van der Waals surface area contributed by atoms with E-state index in [1.165, 1.54) is 6.33 Å². The van der Waals surface area contributed by atoms with E-state index < -0.39 is 5.60 Å². The maximum atomic E-state index is 13.0. The van der Waals surface area contributed by atoms with E-state index in [1.807, 2.05) is 42.2 Å². The SMILES string of the molecule is Cc1ncncc1C(=O)N1CC[C@H]2N(Cc3ccccc3)C(=O)CO[C@]2(C)C1. The number of hydrogen-bond donors (Lipinski definition) is 0. The molecule has 1 aromatic carbocycles. The summed E-state index contributed by atoms with van der Waals surface area (Å²) in [5, 5.41) is 0. The number of piperidine rings is 1. The number of amides is 2. The summed E-state index contributed by atoms with van der Waals surface area (Å²) in [4.78, 5) is 37.4. The highest BCUT2D eigenvalue weighted by Crippen LogP contribution is 2.34. The zero-order valence-electron chi connectivity index (χ0n) is 16.2. The van der Waals surface area contributed by atoms with Crippen molar-refractivity contribution in [1.29, 1.82) is 0 Å². The molecule has 0 N–H and O–H groups in total. The van der Waals surface area contributed by atoms with Crippen LogP contribution in [-0.2, 0) is 16.1 Å². The molecule has 28 heavy (non-hydrogen) atoms. The Morgan fingerprint density at radius 2 is 2.11 bits per heavy atom. The number of nitrogens with zero attached hydrogens (tertiary/aromatic N) is 4. The van der Waals surface area contributed by atoms with Gasteiger partial charge in [-0.15, -0.1) is 0 Å². The van der Waals surface area contributed by atoms with Crippen molar-refractivity contribution in [3.63, 3.8) is 0 Å². The lowest BCUT2D eigenvalue weighted by Gasteiger charge is -2.52. The fourth-order valence-electron chi connectivity index (χ4n) is 4.18. The molecule has 0 spiro atoms. The third-order valence-corrected chi connectivity index (χ3v) is 5.73. The molecule has 7 nitrogen and oxygen atoms in total. The van der Waals surface area contributed by atoms with Gasteiger partial charge in [0, 0.05) is 19.3 Å². The van der Waals surface area contributed by atoms with Crippen LogP contribution in [0.3, 0.4) is 0 Å². The quantitative estimate of drug-likeness (QED) is 0.812. The van der Waals surface area contributed by atoms with E-state index >= 15 is 0 Å². The molecule has 7 heteroatoms. The van der Waals surface area contributed by atoms with Crippen molar-refractivity contribution in [2.24, 2.45) is 0 Å². The molecule has 2 amide bonds. The van der Waals surface area contributed by atoms with Gasteiger partial charge < -0.3 is 14.5 Å². The number of hydrogen-bond acceptors (Lipinski definition) is 5. The molecular weight excluding hydrogens is 356 g/mol. The number of carbonyl (C=O) groups is 2. The van der Waals surface area contributed by atoms with E-state index in [0.717, 1.165) is 5.56 Å². The molecule has 2 aromatic rings. The van der Waals surface area contributed by atoms with Crippen molar-refractivity contribution in [2.75, 3.05) is 19.7 Å². The minimum atomic E-state index is -0.597. The molecule has 0 unspecified atom stereocenters. The van der Waals surface area contributed by atoms with Crippen molar-refractivity contribution in [3.05, 3.63) is 59.7 Å². The standard InChI is InChI=1S/C21H24N4O3/c1-15-17(10-22-14-23-15)20(27)24-9-8-18-21(2,13-24)28-12-19(26)25(18)11-16-6-4-3-5-7-16/h3-7,10,14,18H,8-9,11-13H2,1-2H3/t18-,21-/m1/s1. The first kappa shape index (κ1) is 18.6. The summed E-state index contributed by atoms with van der Waals surface area (Å²) < 4.78 is 5.98. The molecule has 146 valence electrons. The summed E-state index contributed by atoms with van der Waals surface area (Å²) in [7, 11) is 0. The molecule has 0 aliphatic carbocycles. The first-order chi connectivity index (χ1) is 13.5. The number of rotatable bonds is 3. The van der Waals surface area contributed by atoms with Gasteiger partial charge in [-0.3, -0.25) is 9.59 Å². The Morgan fingerprint density at radius 3 is 2.86 bits per heavy atom. The second-order valence-corrected chi connectivity index (χ2v) is 7.66. The average molecular weight is 380 g/mol. The Hall–Kier alpha value is -2.80. The van der Waals surface area contributed by atoms with Gasteiger partial charge in [0.2, 0.25) is 5.91 Å². The van der Waals surface area contributed by atoms with Crippen molar-refractivity contribution in [2.45, 2.75) is 38.5 Å². The first-order valence-electron chi connectivity index (χ1n) is 9.51. The van der Waals surface area contributed by atoms with Crippen LogP contribution in [0.25, 0.3) is 0 Å². The Balaban J connectivity index is 1.54. The Kier molecular flexibility index (Phi) is 4.85. The van der Waals surface area contributed by atoms with Gasteiger partial charge in [-0.1, -0.05) is 30.3 Å². The van der Waals surface area contributed by atoms with E-state index in [1.54, 1.807) is 18.0 Å². The van der Waals surface area contributed by atoms with E-state index in [-0.39, 0.29) is 24.5 Å². The highest BCUT2D eigenvalue weighted by atomic mass is 16.5. The second-order valence-electron chi connectivity index (χ2n) is 7.66. The normalized spacial score (nSPS) is 24.8. The average Bonchev–Trinajstić information content (AvgIpc) is 2.71. The van der Waals surface area contributed by atoms with Crippen LogP contribution in [0.1, 0.15) is 35.0 Å². The van der Waals surface area contributed by atoms with Gasteiger partial charge in [0.15, 0.2) is 0 Å². The lowest BCUT2D eigenvalue weighted by Crippen LogP contribution is -2.67. The van der Waals surface area contributed by atoms with Gasteiger partial charge in [-0.2, -0.15) is 0 Å². The first-order valence-corrected chi connectivity index (χ1v) is 9.51. The van der Waals surface area contributed by atoms with Gasteiger partial charge >= 0.3 is 0 Å².